The van der Waals surface area contributed by atoms with Crippen LogP contribution in [0, 0.1) is 11.8 Å². The first-order valence-corrected chi connectivity index (χ1v) is 5.14. The summed E-state index contributed by atoms with van der Waals surface area (Å²) in [5.41, 5.74) is 5.55. The summed E-state index contributed by atoms with van der Waals surface area (Å²) < 4.78 is 0. The third-order valence-electron chi connectivity index (χ3n) is 2.62. The molecule has 1 heterocycles. The second kappa shape index (κ2) is 4.83. The minimum atomic E-state index is 0.795. The van der Waals surface area contributed by atoms with Crippen LogP contribution < -0.4 is 5.73 Å². The van der Waals surface area contributed by atoms with Crippen LogP contribution >= 0.6 is 0 Å². The van der Waals surface area contributed by atoms with Crippen molar-refractivity contribution in [2.45, 2.75) is 26.7 Å². The predicted molar refractivity (Wildman–Crippen MR) is 53.1 cm³/mol. The molecule has 0 bridgehead atoms. The molecule has 72 valence electrons. The van der Waals surface area contributed by atoms with Crippen molar-refractivity contribution < 1.29 is 0 Å². The molecular weight excluding hydrogens is 148 g/mol. The van der Waals surface area contributed by atoms with Crippen LogP contribution in [-0.4, -0.2) is 31.1 Å². The van der Waals surface area contributed by atoms with Gasteiger partial charge in [-0.2, -0.15) is 0 Å². The molecule has 1 aliphatic rings. The molecule has 0 unspecified atom stereocenters. The maximum Gasteiger partial charge on any atom is 0.00341 e. The summed E-state index contributed by atoms with van der Waals surface area (Å²) in [6.45, 7) is 9.23. The van der Waals surface area contributed by atoms with Gasteiger partial charge in [0, 0.05) is 13.1 Å². The lowest BCUT2D eigenvalue weighted by molar-refractivity contribution is 0.103. The first kappa shape index (κ1) is 10.0. The molecule has 1 rings (SSSR count). The van der Waals surface area contributed by atoms with Crippen LogP contribution in [0.4, 0.5) is 0 Å². The number of rotatable bonds is 5. The van der Waals surface area contributed by atoms with Gasteiger partial charge in [-0.25, -0.2) is 0 Å². The molecule has 0 aliphatic carbocycles. The lowest BCUT2D eigenvalue weighted by Crippen LogP contribution is -2.49. The van der Waals surface area contributed by atoms with Gasteiger partial charge in [0.05, 0.1) is 0 Å². The molecule has 1 saturated heterocycles. The minimum absolute atomic E-state index is 0.795. The largest absolute Gasteiger partial charge is 0.330 e. The zero-order valence-electron chi connectivity index (χ0n) is 8.42. The number of hydrogen-bond acceptors (Lipinski definition) is 2. The second-order valence-corrected chi connectivity index (χ2v) is 4.40. The Balaban J connectivity index is 1.90. The van der Waals surface area contributed by atoms with Crippen LogP contribution in [0.2, 0.25) is 0 Å². The van der Waals surface area contributed by atoms with E-state index in [4.69, 9.17) is 5.73 Å². The van der Waals surface area contributed by atoms with Crippen molar-refractivity contribution in [1.29, 1.82) is 0 Å². The van der Waals surface area contributed by atoms with Crippen LogP contribution in [0.5, 0.6) is 0 Å². The molecule has 0 spiro atoms. The highest BCUT2D eigenvalue weighted by Gasteiger charge is 2.24. The summed E-state index contributed by atoms with van der Waals surface area (Å²) in [6, 6.07) is 0. The molecule has 1 aliphatic heterocycles. The summed E-state index contributed by atoms with van der Waals surface area (Å²) in [7, 11) is 0. The van der Waals surface area contributed by atoms with Crippen LogP contribution in [0.25, 0.3) is 0 Å². The summed E-state index contributed by atoms with van der Waals surface area (Å²) >= 11 is 0. The Morgan fingerprint density at radius 1 is 1.42 bits per heavy atom. The first-order chi connectivity index (χ1) is 5.72. The van der Waals surface area contributed by atoms with Crippen molar-refractivity contribution >= 4 is 0 Å². The quantitative estimate of drug-likeness (QED) is 0.674. The standard InChI is InChI=1S/C10H22N2/c1-9(2)4-3-5-12-7-10(6-11)8-12/h9-10H,3-8,11H2,1-2H3. The second-order valence-electron chi connectivity index (χ2n) is 4.40. The van der Waals surface area contributed by atoms with Crippen LogP contribution in [0.3, 0.4) is 0 Å². The average molecular weight is 170 g/mol. The highest BCUT2D eigenvalue weighted by atomic mass is 15.2. The van der Waals surface area contributed by atoms with E-state index >= 15 is 0 Å². The normalized spacial score (nSPS) is 20.0. The van der Waals surface area contributed by atoms with Gasteiger partial charge in [-0.15, -0.1) is 0 Å². The molecule has 1 fully saturated rings. The van der Waals surface area contributed by atoms with E-state index in [9.17, 15) is 0 Å². The van der Waals surface area contributed by atoms with E-state index in [0.717, 1.165) is 18.4 Å². The Bertz CT molecular complexity index is 117. The Morgan fingerprint density at radius 2 is 2.08 bits per heavy atom. The fraction of sp³-hybridized carbons (Fsp3) is 1.00. The average Bonchev–Trinajstić information content (AvgIpc) is 1.93. The molecule has 2 nitrogen and oxygen atoms in total. The fourth-order valence-electron chi connectivity index (χ4n) is 1.73. The fourth-order valence-corrected chi connectivity index (χ4v) is 1.73. The summed E-state index contributed by atoms with van der Waals surface area (Å²) in [6.07, 6.45) is 2.72. The number of nitrogens with zero attached hydrogens (tertiary/aromatic N) is 1. The number of likely N-dealkylation sites (tertiary alicyclic amines) is 1. The van der Waals surface area contributed by atoms with E-state index in [1.54, 1.807) is 0 Å². The zero-order chi connectivity index (χ0) is 8.97. The first-order valence-electron chi connectivity index (χ1n) is 5.14. The third kappa shape index (κ3) is 3.11. The Morgan fingerprint density at radius 3 is 2.58 bits per heavy atom. The van der Waals surface area contributed by atoms with Gasteiger partial charge in [0.1, 0.15) is 0 Å². The zero-order valence-corrected chi connectivity index (χ0v) is 8.42. The van der Waals surface area contributed by atoms with Gasteiger partial charge in [-0.1, -0.05) is 13.8 Å². The molecular formula is C10H22N2. The maximum atomic E-state index is 5.55. The molecule has 0 aromatic rings. The molecule has 2 heteroatoms. The Kier molecular flexibility index (Phi) is 4.02. The summed E-state index contributed by atoms with van der Waals surface area (Å²) in [5, 5.41) is 0. The van der Waals surface area contributed by atoms with Gasteiger partial charge in [0.2, 0.25) is 0 Å². The lowest BCUT2D eigenvalue weighted by Gasteiger charge is -2.38. The van der Waals surface area contributed by atoms with E-state index in [1.165, 1.54) is 32.5 Å². The topological polar surface area (TPSA) is 29.3 Å². The van der Waals surface area contributed by atoms with Crippen LogP contribution in [0.1, 0.15) is 26.7 Å². The van der Waals surface area contributed by atoms with E-state index in [1.807, 2.05) is 0 Å². The highest BCUT2D eigenvalue weighted by Crippen LogP contribution is 2.15. The van der Waals surface area contributed by atoms with Crippen molar-refractivity contribution in [1.82, 2.24) is 4.90 Å². The molecule has 0 aromatic carbocycles. The van der Waals surface area contributed by atoms with Gasteiger partial charge in [0.25, 0.3) is 0 Å². The van der Waals surface area contributed by atoms with Gasteiger partial charge in [0.15, 0.2) is 0 Å². The van der Waals surface area contributed by atoms with E-state index in [-0.39, 0.29) is 0 Å². The van der Waals surface area contributed by atoms with Crippen molar-refractivity contribution in [3.05, 3.63) is 0 Å². The third-order valence-corrected chi connectivity index (χ3v) is 2.62. The van der Waals surface area contributed by atoms with E-state index < -0.39 is 0 Å². The van der Waals surface area contributed by atoms with Gasteiger partial charge in [-0.3, -0.25) is 0 Å². The predicted octanol–water partition coefficient (Wildman–Crippen LogP) is 1.31. The molecule has 0 amide bonds. The van der Waals surface area contributed by atoms with Crippen molar-refractivity contribution in [2.75, 3.05) is 26.2 Å². The number of nitrogens with two attached hydrogens (primary N) is 1. The van der Waals surface area contributed by atoms with Crippen molar-refractivity contribution in [2.24, 2.45) is 17.6 Å². The van der Waals surface area contributed by atoms with Gasteiger partial charge < -0.3 is 10.6 Å². The van der Waals surface area contributed by atoms with Crippen molar-refractivity contribution in [3.8, 4) is 0 Å². The van der Waals surface area contributed by atoms with E-state index in [2.05, 4.69) is 18.7 Å². The molecule has 0 saturated carbocycles. The van der Waals surface area contributed by atoms with Crippen molar-refractivity contribution in [3.63, 3.8) is 0 Å². The van der Waals surface area contributed by atoms with Gasteiger partial charge in [-0.05, 0) is 37.8 Å². The van der Waals surface area contributed by atoms with Crippen LogP contribution in [0.15, 0.2) is 0 Å². The SMILES string of the molecule is CC(C)CCCN1CC(CN)C1. The molecule has 2 N–H and O–H groups in total. The van der Waals surface area contributed by atoms with E-state index in [0.29, 0.717) is 0 Å². The molecule has 0 atom stereocenters. The lowest BCUT2D eigenvalue weighted by atomic mass is 9.99. The highest BCUT2D eigenvalue weighted by molar-refractivity contribution is 4.79. The minimum Gasteiger partial charge on any atom is -0.330 e. The van der Waals surface area contributed by atoms with Gasteiger partial charge >= 0.3 is 0 Å². The summed E-state index contributed by atoms with van der Waals surface area (Å²) in [4.78, 5) is 2.51. The molecule has 0 aromatic heterocycles. The molecule has 12 heavy (non-hydrogen) atoms. The summed E-state index contributed by atoms with van der Waals surface area (Å²) in [5.74, 6) is 1.65. The Labute approximate surface area is 76.1 Å². The number of hydrogen-bond donors (Lipinski definition) is 1. The smallest absolute Gasteiger partial charge is 0.00341 e. The van der Waals surface area contributed by atoms with Crippen LogP contribution in [-0.2, 0) is 0 Å². The maximum absolute atomic E-state index is 5.55. The monoisotopic (exact) mass is 170 g/mol. The Hall–Kier alpha value is -0.0800. The molecule has 0 radical (unpaired) electrons.